The van der Waals surface area contributed by atoms with Crippen molar-refractivity contribution in [1.29, 1.82) is 0 Å². The molecule has 4 nitrogen and oxygen atoms in total. The first-order chi connectivity index (χ1) is 13.1. The Morgan fingerprint density at radius 3 is 2.63 bits per heavy atom. The SMILES string of the molecule is Cc1cccc(CN2CCOC[C@]3(CC(=O)N(Cc4ccccc4)C3)C2)c1. The molecule has 2 saturated heterocycles. The number of benzene rings is 2. The Morgan fingerprint density at radius 1 is 1.00 bits per heavy atom. The third-order valence-corrected chi connectivity index (χ3v) is 5.63. The van der Waals surface area contributed by atoms with Crippen LogP contribution in [0, 0.1) is 12.3 Å². The van der Waals surface area contributed by atoms with Crippen LogP contribution in [0.2, 0.25) is 0 Å². The number of amides is 1. The molecular weight excluding hydrogens is 336 g/mol. The molecule has 2 aliphatic heterocycles. The molecule has 4 rings (SSSR count). The summed E-state index contributed by atoms with van der Waals surface area (Å²) in [5.74, 6) is 0.250. The lowest BCUT2D eigenvalue weighted by atomic mass is 9.87. The summed E-state index contributed by atoms with van der Waals surface area (Å²) >= 11 is 0. The Labute approximate surface area is 161 Å². The minimum Gasteiger partial charge on any atom is -0.379 e. The van der Waals surface area contributed by atoms with Crippen LogP contribution < -0.4 is 0 Å². The smallest absolute Gasteiger partial charge is 0.223 e. The summed E-state index contributed by atoms with van der Waals surface area (Å²) in [5, 5.41) is 0. The highest BCUT2D eigenvalue weighted by Crippen LogP contribution is 2.35. The first kappa shape index (κ1) is 18.2. The monoisotopic (exact) mass is 364 g/mol. The van der Waals surface area contributed by atoms with Crippen molar-refractivity contribution in [3.05, 3.63) is 71.3 Å². The van der Waals surface area contributed by atoms with E-state index in [4.69, 9.17) is 4.74 Å². The summed E-state index contributed by atoms with van der Waals surface area (Å²) in [5.41, 5.74) is 3.72. The quantitative estimate of drug-likeness (QED) is 0.835. The van der Waals surface area contributed by atoms with Crippen molar-refractivity contribution in [1.82, 2.24) is 9.80 Å². The fraction of sp³-hybridized carbons (Fsp3) is 0.435. The van der Waals surface area contributed by atoms with Gasteiger partial charge in [0, 0.05) is 44.6 Å². The molecule has 0 saturated carbocycles. The van der Waals surface area contributed by atoms with Crippen LogP contribution >= 0.6 is 0 Å². The second kappa shape index (κ2) is 7.83. The number of ether oxygens (including phenoxy) is 1. The molecular formula is C23H28N2O2. The molecule has 142 valence electrons. The van der Waals surface area contributed by atoms with E-state index in [0.29, 0.717) is 19.6 Å². The largest absolute Gasteiger partial charge is 0.379 e. The lowest BCUT2D eigenvalue weighted by molar-refractivity contribution is -0.128. The third-order valence-electron chi connectivity index (χ3n) is 5.63. The fourth-order valence-electron chi connectivity index (χ4n) is 4.42. The average Bonchev–Trinajstić information content (AvgIpc) is 2.82. The molecule has 2 fully saturated rings. The number of likely N-dealkylation sites (tertiary alicyclic amines) is 1. The molecule has 0 aliphatic carbocycles. The summed E-state index contributed by atoms with van der Waals surface area (Å²) in [6.07, 6.45) is 0.587. The van der Waals surface area contributed by atoms with Crippen LogP contribution in [0.1, 0.15) is 23.1 Å². The maximum absolute atomic E-state index is 12.7. The van der Waals surface area contributed by atoms with E-state index in [1.54, 1.807) is 0 Å². The lowest BCUT2D eigenvalue weighted by Gasteiger charge is -2.31. The maximum atomic E-state index is 12.7. The first-order valence-corrected chi connectivity index (χ1v) is 9.79. The summed E-state index contributed by atoms with van der Waals surface area (Å²) in [4.78, 5) is 17.2. The molecule has 0 unspecified atom stereocenters. The highest BCUT2D eigenvalue weighted by molar-refractivity contribution is 5.79. The van der Waals surface area contributed by atoms with Crippen molar-refractivity contribution >= 4 is 5.91 Å². The molecule has 0 bridgehead atoms. The third kappa shape index (κ3) is 4.40. The molecule has 27 heavy (non-hydrogen) atoms. The molecule has 1 amide bonds. The predicted molar refractivity (Wildman–Crippen MR) is 106 cm³/mol. The lowest BCUT2D eigenvalue weighted by Crippen LogP contribution is -2.40. The van der Waals surface area contributed by atoms with Crippen LogP contribution in [0.4, 0.5) is 0 Å². The molecule has 2 aliphatic rings. The van der Waals surface area contributed by atoms with E-state index in [1.165, 1.54) is 16.7 Å². The van der Waals surface area contributed by atoms with Gasteiger partial charge in [-0.1, -0.05) is 60.2 Å². The summed E-state index contributed by atoms with van der Waals surface area (Å²) < 4.78 is 5.95. The van der Waals surface area contributed by atoms with Gasteiger partial charge in [0.25, 0.3) is 0 Å². The van der Waals surface area contributed by atoms with Crippen LogP contribution in [-0.2, 0) is 22.6 Å². The molecule has 2 heterocycles. The van der Waals surface area contributed by atoms with Crippen LogP contribution in [0.25, 0.3) is 0 Å². The van der Waals surface area contributed by atoms with Crippen molar-refractivity contribution < 1.29 is 9.53 Å². The van der Waals surface area contributed by atoms with Crippen molar-refractivity contribution in [2.75, 3.05) is 32.8 Å². The highest BCUT2D eigenvalue weighted by atomic mass is 16.5. The number of nitrogens with zero attached hydrogens (tertiary/aromatic N) is 2. The number of rotatable bonds is 4. The van der Waals surface area contributed by atoms with Gasteiger partial charge in [0.15, 0.2) is 0 Å². The van der Waals surface area contributed by atoms with E-state index < -0.39 is 0 Å². The van der Waals surface area contributed by atoms with Crippen LogP contribution in [0.5, 0.6) is 0 Å². The van der Waals surface area contributed by atoms with E-state index in [-0.39, 0.29) is 11.3 Å². The molecule has 2 aromatic rings. The van der Waals surface area contributed by atoms with E-state index in [1.807, 2.05) is 23.1 Å². The number of carbonyl (C=O) groups is 1. The van der Waals surface area contributed by atoms with Crippen molar-refractivity contribution in [3.8, 4) is 0 Å². The summed E-state index contributed by atoms with van der Waals surface area (Å²) in [7, 11) is 0. The Balaban J connectivity index is 1.46. The van der Waals surface area contributed by atoms with Crippen LogP contribution in [0.15, 0.2) is 54.6 Å². The van der Waals surface area contributed by atoms with Gasteiger partial charge in [-0.3, -0.25) is 9.69 Å². The predicted octanol–water partition coefficient (Wildman–Crippen LogP) is 3.25. The minimum atomic E-state index is -0.0911. The van der Waals surface area contributed by atoms with E-state index >= 15 is 0 Å². The number of aryl methyl sites for hydroxylation is 1. The van der Waals surface area contributed by atoms with Crippen molar-refractivity contribution in [2.45, 2.75) is 26.4 Å². The Morgan fingerprint density at radius 2 is 1.81 bits per heavy atom. The van der Waals surface area contributed by atoms with Gasteiger partial charge in [0.1, 0.15) is 0 Å². The van der Waals surface area contributed by atoms with Gasteiger partial charge in [-0.2, -0.15) is 0 Å². The van der Waals surface area contributed by atoms with E-state index in [9.17, 15) is 4.79 Å². The van der Waals surface area contributed by atoms with E-state index in [0.717, 1.165) is 32.8 Å². The molecule has 4 heteroatoms. The van der Waals surface area contributed by atoms with E-state index in [2.05, 4.69) is 48.2 Å². The summed E-state index contributed by atoms with van der Waals surface area (Å²) in [6.45, 7) is 7.77. The Bertz CT molecular complexity index is 792. The zero-order chi connectivity index (χ0) is 18.7. The Kier molecular flexibility index (Phi) is 5.28. The molecule has 1 atom stereocenters. The Hall–Kier alpha value is -2.17. The van der Waals surface area contributed by atoms with Gasteiger partial charge >= 0.3 is 0 Å². The maximum Gasteiger partial charge on any atom is 0.223 e. The number of hydrogen-bond acceptors (Lipinski definition) is 3. The number of carbonyl (C=O) groups excluding carboxylic acids is 1. The van der Waals surface area contributed by atoms with Gasteiger partial charge in [-0.25, -0.2) is 0 Å². The standard InChI is InChI=1S/C23H28N2O2/c1-19-6-5-9-21(12-19)14-24-10-11-27-18-23(16-24)13-22(26)25(17-23)15-20-7-3-2-4-8-20/h2-9,12H,10-11,13-18H2,1H3/t23-/m1/s1. The number of hydrogen-bond donors (Lipinski definition) is 0. The van der Waals surface area contributed by atoms with Crippen LogP contribution in [0.3, 0.4) is 0 Å². The van der Waals surface area contributed by atoms with Gasteiger partial charge in [0.05, 0.1) is 13.2 Å². The zero-order valence-electron chi connectivity index (χ0n) is 16.1. The zero-order valence-corrected chi connectivity index (χ0v) is 16.1. The normalized spacial score (nSPS) is 23.7. The molecule has 0 radical (unpaired) electrons. The average molecular weight is 364 g/mol. The van der Waals surface area contributed by atoms with Gasteiger partial charge in [-0.15, -0.1) is 0 Å². The van der Waals surface area contributed by atoms with Gasteiger partial charge in [-0.05, 0) is 18.1 Å². The minimum absolute atomic E-state index is 0.0911. The second-order valence-electron chi connectivity index (χ2n) is 8.16. The first-order valence-electron chi connectivity index (χ1n) is 9.79. The molecule has 1 spiro atoms. The van der Waals surface area contributed by atoms with Gasteiger partial charge in [0.2, 0.25) is 5.91 Å². The molecule has 0 aromatic heterocycles. The summed E-state index contributed by atoms with van der Waals surface area (Å²) in [6, 6.07) is 18.9. The van der Waals surface area contributed by atoms with Crippen molar-refractivity contribution in [3.63, 3.8) is 0 Å². The molecule has 0 N–H and O–H groups in total. The van der Waals surface area contributed by atoms with Crippen LogP contribution in [-0.4, -0.2) is 48.6 Å². The second-order valence-corrected chi connectivity index (χ2v) is 8.16. The fourth-order valence-corrected chi connectivity index (χ4v) is 4.42. The van der Waals surface area contributed by atoms with Gasteiger partial charge < -0.3 is 9.64 Å². The van der Waals surface area contributed by atoms with Crippen molar-refractivity contribution in [2.24, 2.45) is 5.41 Å². The topological polar surface area (TPSA) is 32.8 Å². The highest BCUT2D eigenvalue weighted by Gasteiger charge is 2.45. The molecule has 2 aromatic carbocycles.